The summed E-state index contributed by atoms with van der Waals surface area (Å²) in [5.41, 5.74) is 6.28. The van der Waals surface area contributed by atoms with E-state index in [1.165, 1.54) is 19.4 Å². The Hall–Kier alpha value is -0.0800. The number of nitrogens with two attached hydrogens (primary N) is 1. The first-order chi connectivity index (χ1) is 5.40. The molecule has 0 aromatic rings. The van der Waals surface area contributed by atoms with Crippen LogP contribution in [0.1, 0.15) is 40.5 Å². The standard InChI is InChI=1S/C10H22N2/c1-9(2)6-5-7-12(9)10(3,4)8-11/h5-8,11H2,1-4H3. The Morgan fingerprint density at radius 2 is 2.00 bits per heavy atom. The van der Waals surface area contributed by atoms with Crippen LogP contribution in [0.5, 0.6) is 0 Å². The van der Waals surface area contributed by atoms with Gasteiger partial charge in [-0.2, -0.15) is 0 Å². The van der Waals surface area contributed by atoms with Crippen molar-refractivity contribution in [1.29, 1.82) is 0 Å². The van der Waals surface area contributed by atoms with E-state index in [4.69, 9.17) is 5.73 Å². The highest BCUT2D eigenvalue weighted by Gasteiger charge is 2.39. The lowest BCUT2D eigenvalue weighted by Gasteiger charge is -2.43. The van der Waals surface area contributed by atoms with Crippen molar-refractivity contribution in [2.45, 2.75) is 51.6 Å². The fraction of sp³-hybridized carbons (Fsp3) is 1.00. The molecule has 0 aromatic carbocycles. The first-order valence-corrected chi connectivity index (χ1v) is 4.88. The second-order valence-corrected chi connectivity index (χ2v) is 5.08. The molecule has 12 heavy (non-hydrogen) atoms. The van der Waals surface area contributed by atoms with Gasteiger partial charge in [-0.1, -0.05) is 0 Å². The molecule has 2 nitrogen and oxygen atoms in total. The maximum Gasteiger partial charge on any atom is 0.0280 e. The van der Waals surface area contributed by atoms with Crippen LogP contribution in [0.4, 0.5) is 0 Å². The molecular weight excluding hydrogens is 148 g/mol. The Balaban J connectivity index is 2.74. The van der Waals surface area contributed by atoms with Crippen molar-refractivity contribution < 1.29 is 0 Å². The second kappa shape index (κ2) is 3.00. The molecule has 2 N–H and O–H groups in total. The van der Waals surface area contributed by atoms with E-state index < -0.39 is 0 Å². The minimum Gasteiger partial charge on any atom is -0.329 e. The molecule has 0 aliphatic carbocycles. The fourth-order valence-corrected chi connectivity index (χ4v) is 2.34. The van der Waals surface area contributed by atoms with Crippen molar-refractivity contribution in [1.82, 2.24) is 4.90 Å². The molecule has 1 aliphatic heterocycles. The second-order valence-electron chi connectivity index (χ2n) is 5.08. The summed E-state index contributed by atoms with van der Waals surface area (Å²) in [6.45, 7) is 11.1. The number of hydrogen-bond donors (Lipinski definition) is 1. The summed E-state index contributed by atoms with van der Waals surface area (Å²) in [5, 5.41) is 0. The lowest BCUT2D eigenvalue weighted by Crippen LogP contribution is -2.55. The molecule has 0 aromatic heterocycles. The van der Waals surface area contributed by atoms with Gasteiger partial charge in [0, 0.05) is 17.6 Å². The molecule has 1 fully saturated rings. The minimum atomic E-state index is 0.167. The van der Waals surface area contributed by atoms with Crippen LogP contribution < -0.4 is 5.73 Å². The molecule has 0 saturated carbocycles. The fourth-order valence-electron chi connectivity index (χ4n) is 2.34. The summed E-state index contributed by atoms with van der Waals surface area (Å²) >= 11 is 0. The van der Waals surface area contributed by atoms with E-state index in [1.54, 1.807) is 0 Å². The molecule has 1 rings (SSSR count). The molecule has 0 spiro atoms. The van der Waals surface area contributed by atoms with Gasteiger partial charge in [0.05, 0.1) is 0 Å². The highest BCUT2D eigenvalue weighted by Crippen LogP contribution is 2.34. The first-order valence-electron chi connectivity index (χ1n) is 4.88. The average molecular weight is 170 g/mol. The lowest BCUT2D eigenvalue weighted by molar-refractivity contribution is 0.0609. The van der Waals surface area contributed by atoms with Gasteiger partial charge >= 0.3 is 0 Å². The normalized spacial score (nSPS) is 24.8. The van der Waals surface area contributed by atoms with Gasteiger partial charge in [0.15, 0.2) is 0 Å². The van der Waals surface area contributed by atoms with E-state index >= 15 is 0 Å². The van der Waals surface area contributed by atoms with E-state index in [-0.39, 0.29) is 5.54 Å². The maximum absolute atomic E-state index is 5.77. The van der Waals surface area contributed by atoms with Gasteiger partial charge in [-0.25, -0.2) is 0 Å². The van der Waals surface area contributed by atoms with Gasteiger partial charge in [-0.15, -0.1) is 0 Å². The van der Waals surface area contributed by atoms with E-state index in [0.29, 0.717) is 5.54 Å². The van der Waals surface area contributed by atoms with Crippen molar-refractivity contribution in [3.8, 4) is 0 Å². The molecule has 0 amide bonds. The van der Waals surface area contributed by atoms with Crippen LogP contribution in [0.15, 0.2) is 0 Å². The predicted molar refractivity (Wildman–Crippen MR) is 53.2 cm³/mol. The van der Waals surface area contributed by atoms with Crippen molar-refractivity contribution in [3.05, 3.63) is 0 Å². The molecule has 0 unspecified atom stereocenters. The molecule has 1 saturated heterocycles. The Morgan fingerprint density at radius 1 is 1.42 bits per heavy atom. The van der Waals surface area contributed by atoms with Crippen molar-refractivity contribution >= 4 is 0 Å². The largest absolute Gasteiger partial charge is 0.329 e. The summed E-state index contributed by atoms with van der Waals surface area (Å²) in [4.78, 5) is 2.54. The SMILES string of the molecule is CC(C)(CN)N1CCCC1(C)C. The number of nitrogens with zero attached hydrogens (tertiary/aromatic N) is 1. The molecule has 1 heterocycles. The smallest absolute Gasteiger partial charge is 0.0280 e. The Bertz CT molecular complexity index is 161. The molecule has 1 aliphatic rings. The third kappa shape index (κ3) is 1.64. The topological polar surface area (TPSA) is 29.3 Å². The van der Waals surface area contributed by atoms with E-state index in [0.717, 1.165) is 6.54 Å². The number of rotatable bonds is 2. The van der Waals surface area contributed by atoms with Crippen LogP contribution in [0.25, 0.3) is 0 Å². The summed E-state index contributed by atoms with van der Waals surface area (Å²) in [7, 11) is 0. The summed E-state index contributed by atoms with van der Waals surface area (Å²) in [6, 6.07) is 0. The molecule has 2 heteroatoms. The first kappa shape index (κ1) is 10.0. The monoisotopic (exact) mass is 170 g/mol. The zero-order chi connectivity index (χ0) is 9.41. The van der Waals surface area contributed by atoms with Crippen LogP contribution in [-0.4, -0.2) is 29.1 Å². The molecule has 0 bridgehead atoms. The summed E-state index contributed by atoms with van der Waals surface area (Å²) in [6.07, 6.45) is 2.62. The molecule has 0 radical (unpaired) electrons. The highest BCUT2D eigenvalue weighted by atomic mass is 15.3. The molecule has 72 valence electrons. The lowest BCUT2D eigenvalue weighted by atomic mass is 9.95. The third-order valence-electron chi connectivity index (χ3n) is 3.13. The van der Waals surface area contributed by atoms with Crippen LogP contribution >= 0.6 is 0 Å². The molecule has 0 atom stereocenters. The van der Waals surface area contributed by atoms with Gasteiger partial charge in [-0.3, -0.25) is 4.90 Å². The Labute approximate surface area is 76.1 Å². The highest BCUT2D eigenvalue weighted by molar-refractivity contribution is 4.96. The minimum absolute atomic E-state index is 0.167. The predicted octanol–water partition coefficient (Wildman–Crippen LogP) is 1.60. The average Bonchev–Trinajstić information content (AvgIpc) is 2.30. The number of hydrogen-bond acceptors (Lipinski definition) is 2. The third-order valence-corrected chi connectivity index (χ3v) is 3.13. The summed E-state index contributed by atoms with van der Waals surface area (Å²) < 4.78 is 0. The zero-order valence-corrected chi connectivity index (χ0v) is 8.85. The van der Waals surface area contributed by atoms with Crippen molar-refractivity contribution in [2.24, 2.45) is 5.73 Å². The van der Waals surface area contributed by atoms with Gasteiger partial charge in [0.2, 0.25) is 0 Å². The van der Waals surface area contributed by atoms with Gasteiger partial charge < -0.3 is 5.73 Å². The Kier molecular flexibility index (Phi) is 2.50. The van der Waals surface area contributed by atoms with E-state index in [9.17, 15) is 0 Å². The van der Waals surface area contributed by atoms with Gasteiger partial charge in [-0.05, 0) is 47.1 Å². The summed E-state index contributed by atoms with van der Waals surface area (Å²) in [5.74, 6) is 0. The quantitative estimate of drug-likeness (QED) is 0.682. The van der Waals surface area contributed by atoms with Crippen LogP contribution in [0.3, 0.4) is 0 Å². The zero-order valence-electron chi connectivity index (χ0n) is 8.85. The molecular formula is C10H22N2. The van der Waals surface area contributed by atoms with Crippen molar-refractivity contribution in [2.75, 3.05) is 13.1 Å². The van der Waals surface area contributed by atoms with Crippen molar-refractivity contribution in [3.63, 3.8) is 0 Å². The maximum atomic E-state index is 5.77. The van der Waals surface area contributed by atoms with E-state index in [1.807, 2.05) is 0 Å². The Morgan fingerprint density at radius 3 is 2.33 bits per heavy atom. The van der Waals surface area contributed by atoms with Crippen LogP contribution in [0, 0.1) is 0 Å². The van der Waals surface area contributed by atoms with Crippen LogP contribution in [-0.2, 0) is 0 Å². The van der Waals surface area contributed by atoms with Gasteiger partial charge in [0.1, 0.15) is 0 Å². The van der Waals surface area contributed by atoms with Crippen LogP contribution in [0.2, 0.25) is 0 Å². The van der Waals surface area contributed by atoms with Gasteiger partial charge in [0.25, 0.3) is 0 Å². The number of likely N-dealkylation sites (tertiary alicyclic amines) is 1. The van der Waals surface area contributed by atoms with E-state index in [2.05, 4.69) is 32.6 Å².